The van der Waals surface area contributed by atoms with Crippen LogP contribution in [0, 0.1) is 5.92 Å². The van der Waals surface area contributed by atoms with Crippen molar-refractivity contribution in [3.8, 4) is 0 Å². The van der Waals surface area contributed by atoms with Crippen LogP contribution >= 0.6 is 23.2 Å². The maximum Gasteiger partial charge on any atom is 0.138 e. The van der Waals surface area contributed by atoms with E-state index < -0.39 is 6.10 Å². The molecule has 0 spiro atoms. The van der Waals surface area contributed by atoms with E-state index in [9.17, 15) is 5.11 Å². The highest BCUT2D eigenvalue weighted by Gasteiger charge is 2.20. The van der Waals surface area contributed by atoms with Crippen LogP contribution in [0.2, 0.25) is 10.0 Å². The Morgan fingerprint density at radius 3 is 2.59 bits per heavy atom. The summed E-state index contributed by atoms with van der Waals surface area (Å²) >= 11 is 12.1. The fourth-order valence-electron chi connectivity index (χ4n) is 2.28. The Kier molecular flexibility index (Phi) is 6.00. The lowest BCUT2D eigenvalue weighted by Crippen LogP contribution is -2.11. The van der Waals surface area contributed by atoms with Crippen molar-refractivity contribution in [1.82, 2.24) is 14.8 Å². The van der Waals surface area contributed by atoms with Crippen LogP contribution in [0.1, 0.15) is 38.4 Å². The van der Waals surface area contributed by atoms with Crippen molar-refractivity contribution in [3.05, 3.63) is 52.5 Å². The maximum atomic E-state index is 10.8. The smallest absolute Gasteiger partial charge is 0.138 e. The van der Waals surface area contributed by atoms with Crippen molar-refractivity contribution in [2.45, 2.75) is 32.8 Å². The molecule has 4 nitrogen and oxygen atoms in total. The van der Waals surface area contributed by atoms with Crippen LogP contribution < -0.4 is 0 Å². The fraction of sp³-hybridized carbons (Fsp3) is 0.375. The van der Waals surface area contributed by atoms with Crippen molar-refractivity contribution in [2.75, 3.05) is 0 Å². The molecule has 1 unspecified atom stereocenters. The molecule has 1 aromatic carbocycles. The molecular formula is C16H19Cl2N3O. The molecule has 2 aromatic rings. The average molecular weight is 340 g/mol. The first-order chi connectivity index (χ1) is 10.6. The molecule has 0 aliphatic heterocycles. The molecule has 0 amide bonds. The van der Waals surface area contributed by atoms with Gasteiger partial charge in [-0.05, 0) is 30.9 Å². The number of aliphatic hydroxyl groups excluding tert-OH is 1. The summed E-state index contributed by atoms with van der Waals surface area (Å²) in [5, 5.41) is 15.9. The number of hydrogen-bond donors (Lipinski definition) is 1. The highest BCUT2D eigenvalue weighted by molar-refractivity contribution is 6.35. The molecular weight excluding hydrogens is 321 g/mol. The van der Waals surface area contributed by atoms with Gasteiger partial charge in [0.1, 0.15) is 18.8 Å². The van der Waals surface area contributed by atoms with Gasteiger partial charge in [0.25, 0.3) is 0 Å². The van der Waals surface area contributed by atoms with E-state index in [-0.39, 0.29) is 0 Å². The topological polar surface area (TPSA) is 50.9 Å². The van der Waals surface area contributed by atoms with Crippen molar-refractivity contribution < 1.29 is 5.11 Å². The summed E-state index contributed by atoms with van der Waals surface area (Å²) in [7, 11) is 0. The van der Waals surface area contributed by atoms with Gasteiger partial charge in [-0.25, -0.2) is 9.67 Å². The minimum Gasteiger partial charge on any atom is -0.382 e. The van der Waals surface area contributed by atoms with Gasteiger partial charge in [0.2, 0.25) is 0 Å². The third-order valence-corrected chi connectivity index (χ3v) is 4.24. The molecule has 22 heavy (non-hydrogen) atoms. The first-order valence-corrected chi connectivity index (χ1v) is 8.02. The summed E-state index contributed by atoms with van der Waals surface area (Å²) < 4.78 is 1.58. The Morgan fingerprint density at radius 2 is 2.05 bits per heavy atom. The number of aliphatic hydroxyl groups is 1. The third-order valence-electron chi connectivity index (χ3n) is 3.68. The van der Waals surface area contributed by atoms with Gasteiger partial charge < -0.3 is 5.11 Å². The molecule has 0 aliphatic carbocycles. The second kappa shape index (κ2) is 7.77. The summed E-state index contributed by atoms with van der Waals surface area (Å²) in [6.45, 7) is 4.23. The summed E-state index contributed by atoms with van der Waals surface area (Å²) in [6, 6.07) is 5.06. The Morgan fingerprint density at radius 1 is 1.32 bits per heavy atom. The summed E-state index contributed by atoms with van der Waals surface area (Å²) in [6.07, 6.45) is 6.11. The van der Waals surface area contributed by atoms with Gasteiger partial charge in [0.15, 0.2) is 0 Å². The molecule has 0 bridgehead atoms. The quantitative estimate of drug-likeness (QED) is 0.836. The standard InChI is InChI=1S/C16H19Cl2N3O/c1-3-11(4-2)7-15(21-10-19-9-20-21)16(22)13-6-5-12(17)8-14(13)18/h5-11,16,22H,3-4H2,1-2H3/b15-7-. The average Bonchev–Trinajstić information content (AvgIpc) is 3.02. The Labute approximate surface area is 140 Å². The highest BCUT2D eigenvalue weighted by Crippen LogP contribution is 2.33. The Bertz CT molecular complexity index is 637. The van der Waals surface area contributed by atoms with Gasteiger partial charge in [-0.15, -0.1) is 0 Å². The Balaban J connectivity index is 2.44. The molecule has 2 rings (SSSR count). The van der Waals surface area contributed by atoms with Gasteiger partial charge in [-0.3, -0.25) is 0 Å². The fourth-order valence-corrected chi connectivity index (χ4v) is 2.79. The van der Waals surface area contributed by atoms with Gasteiger partial charge in [0, 0.05) is 15.6 Å². The highest BCUT2D eigenvalue weighted by atomic mass is 35.5. The number of benzene rings is 1. The van der Waals surface area contributed by atoms with Crippen molar-refractivity contribution in [1.29, 1.82) is 0 Å². The molecule has 0 saturated carbocycles. The first-order valence-electron chi connectivity index (χ1n) is 7.26. The van der Waals surface area contributed by atoms with Crippen LogP contribution in [0.4, 0.5) is 0 Å². The third kappa shape index (κ3) is 3.88. The minimum atomic E-state index is -0.896. The number of allylic oxidation sites excluding steroid dienone is 1. The lowest BCUT2D eigenvalue weighted by Gasteiger charge is -2.19. The zero-order chi connectivity index (χ0) is 16.1. The molecule has 0 aliphatic rings. The second-order valence-corrected chi connectivity index (χ2v) is 5.92. The van der Waals surface area contributed by atoms with E-state index in [0.29, 0.717) is 27.2 Å². The largest absolute Gasteiger partial charge is 0.382 e. The number of nitrogens with zero attached hydrogens (tertiary/aromatic N) is 3. The molecule has 0 saturated heterocycles. The van der Waals surface area contributed by atoms with E-state index in [1.165, 1.54) is 6.33 Å². The lowest BCUT2D eigenvalue weighted by molar-refractivity contribution is 0.229. The van der Waals surface area contributed by atoms with Gasteiger partial charge in [-0.1, -0.05) is 49.2 Å². The Hall–Kier alpha value is -1.36. The molecule has 0 fully saturated rings. The van der Waals surface area contributed by atoms with E-state index in [0.717, 1.165) is 12.8 Å². The second-order valence-electron chi connectivity index (χ2n) is 5.08. The van der Waals surface area contributed by atoms with E-state index >= 15 is 0 Å². The van der Waals surface area contributed by atoms with E-state index in [1.54, 1.807) is 29.2 Å². The molecule has 6 heteroatoms. The molecule has 0 radical (unpaired) electrons. The van der Waals surface area contributed by atoms with Crippen LogP contribution in [0.5, 0.6) is 0 Å². The number of aromatic nitrogens is 3. The maximum absolute atomic E-state index is 10.8. The molecule has 1 heterocycles. The van der Waals surface area contributed by atoms with E-state index in [4.69, 9.17) is 23.2 Å². The molecule has 1 N–H and O–H groups in total. The van der Waals surface area contributed by atoms with Gasteiger partial charge >= 0.3 is 0 Å². The SMILES string of the molecule is CCC(/C=C(/C(O)c1ccc(Cl)cc1Cl)n1cncn1)CC. The summed E-state index contributed by atoms with van der Waals surface area (Å²) in [5.41, 5.74) is 1.24. The molecule has 1 aromatic heterocycles. The van der Waals surface area contributed by atoms with Crippen LogP contribution in [0.15, 0.2) is 36.9 Å². The predicted molar refractivity (Wildman–Crippen MR) is 89.8 cm³/mol. The normalized spacial score (nSPS) is 13.6. The zero-order valence-corrected chi connectivity index (χ0v) is 14.1. The number of halogens is 2. The van der Waals surface area contributed by atoms with Gasteiger partial charge in [0.05, 0.1) is 5.70 Å². The minimum absolute atomic E-state index is 0.347. The monoisotopic (exact) mass is 339 g/mol. The predicted octanol–water partition coefficient (Wildman–Crippen LogP) is 4.60. The van der Waals surface area contributed by atoms with Crippen LogP contribution in [-0.2, 0) is 0 Å². The summed E-state index contributed by atoms with van der Waals surface area (Å²) in [5.74, 6) is 0.347. The van der Waals surface area contributed by atoms with Crippen LogP contribution in [0.3, 0.4) is 0 Å². The zero-order valence-electron chi connectivity index (χ0n) is 12.6. The van der Waals surface area contributed by atoms with Crippen molar-refractivity contribution >= 4 is 28.9 Å². The summed E-state index contributed by atoms with van der Waals surface area (Å²) in [4.78, 5) is 3.96. The number of rotatable bonds is 6. The molecule has 1 atom stereocenters. The van der Waals surface area contributed by atoms with Crippen molar-refractivity contribution in [3.63, 3.8) is 0 Å². The molecule has 118 valence electrons. The number of hydrogen-bond acceptors (Lipinski definition) is 3. The first kappa shape index (κ1) is 17.0. The van der Waals surface area contributed by atoms with Crippen LogP contribution in [0.25, 0.3) is 5.70 Å². The van der Waals surface area contributed by atoms with Gasteiger partial charge in [-0.2, -0.15) is 5.10 Å². The van der Waals surface area contributed by atoms with E-state index in [1.807, 2.05) is 6.08 Å². The van der Waals surface area contributed by atoms with E-state index in [2.05, 4.69) is 23.9 Å². The van der Waals surface area contributed by atoms with Crippen LogP contribution in [-0.4, -0.2) is 19.9 Å². The lowest BCUT2D eigenvalue weighted by atomic mass is 9.98. The van der Waals surface area contributed by atoms with Crippen molar-refractivity contribution in [2.24, 2.45) is 5.92 Å².